The first-order valence-electron chi connectivity index (χ1n) is 6.55. The van der Waals surface area contributed by atoms with Crippen molar-refractivity contribution < 1.29 is 9.18 Å². The van der Waals surface area contributed by atoms with Crippen molar-refractivity contribution >= 4 is 11.7 Å². The maximum absolute atomic E-state index is 13.1. The first kappa shape index (κ1) is 12.1. The molecule has 0 atom stereocenters. The van der Waals surface area contributed by atoms with Crippen molar-refractivity contribution in [3.05, 3.63) is 35.1 Å². The predicted molar refractivity (Wildman–Crippen MR) is 69.4 cm³/mol. The van der Waals surface area contributed by atoms with E-state index in [9.17, 15) is 9.18 Å². The van der Waals surface area contributed by atoms with Gasteiger partial charge in [0.05, 0.1) is 0 Å². The molecule has 0 aromatic heterocycles. The molecule has 1 heterocycles. The summed E-state index contributed by atoms with van der Waals surface area (Å²) in [6, 6.07) is 4.89. The van der Waals surface area contributed by atoms with Crippen LogP contribution in [-0.4, -0.2) is 29.2 Å². The molecule has 1 aromatic carbocycles. The maximum Gasteiger partial charge on any atom is 0.221 e. The molecule has 5 heteroatoms. The summed E-state index contributed by atoms with van der Waals surface area (Å²) in [5.74, 6) is 0.0305. The zero-order chi connectivity index (χ0) is 13.4. The molecular weight excluding hydrogens is 245 g/mol. The second-order valence-corrected chi connectivity index (χ2v) is 5.16. The Bertz CT molecular complexity index is 539. The molecule has 0 radical (unpaired) electrons. The van der Waals surface area contributed by atoms with Gasteiger partial charge in [-0.25, -0.2) is 4.39 Å². The van der Waals surface area contributed by atoms with Crippen LogP contribution >= 0.6 is 0 Å². The number of halogens is 1. The molecule has 100 valence electrons. The summed E-state index contributed by atoms with van der Waals surface area (Å²) in [5, 5.41) is 10.9. The van der Waals surface area contributed by atoms with Crippen LogP contribution in [-0.2, 0) is 11.3 Å². The molecule has 1 aromatic rings. The SMILES string of the molecule is N=C1c2cc(F)ccc2CN1CCC(=O)NC1CC1. The zero-order valence-electron chi connectivity index (χ0n) is 10.6. The fourth-order valence-corrected chi connectivity index (χ4v) is 2.32. The number of amides is 1. The third-order valence-electron chi connectivity index (χ3n) is 3.56. The standard InChI is InChI=1S/C14H16FN3O/c15-10-2-1-9-8-18(14(16)12(9)7-10)6-5-13(19)17-11-3-4-11/h1-2,7,11,16H,3-6,8H2,(H,17,19). The lowest BCUT2D eigenvalue weighted by Crippen LogP contribution is -2.32. The van der Waals surface area contributed by atoms with Crippen molar-refractivity contribution in [3.8, 4) is 0 Å². The van der Waals surface area contributed by atoms with Crippen LogP contribution in [0.4, 0.5) is 4.39 Å². The third kappa shape index (κ3) is 2.59. The number of amidine groups is 1. The molecule has 0 spiro atoms. The van der Waals surface area contributed by atoms with Crippen LogP contribution in [0.2, 0.25) is 0 Å². The Hall–Kier alpha value is -1.91. The van der Waals surface area contributed by atoms with Gasteiger partial charge in [-0.15, -0.1) is 0 Å². The zero-order valence-corrected chi connectivity index (χ0v) is 10.6. The van der Waals surface area contributed by atoms with Gasteiger partial charge >= 0.3 is 0 Å². The summed E-state index contributed by atoms with van der Waals surface area (Å²) in [4.78, 5) is 13.4. The van der Waals surface area contributed by atoms with Gasteiger partial charge in [0.25, 0.3) is 0 Å². The van der Waals surface area contributed by atoms with Crippen LogP contribution in [0, 0.1) is 11.2 Å². The minimum absolute atomic E-state index is 0.0393. The van der Waals surface area contributed by atoms with E-state index in [1.165, 1.54) is 12.1 Å². The number of carbonyl (C=O) groups excluding carboxylic acids is 1. The minimum atomic E-state index is -0.322. The van der Waals surface area contributed by atoms with Crippen LogP contribution in [0.3, 0.4) is 0 Å². The smallest absolute Gasteiger partial charge is 0.221 e. The van der Waals surface area contributed by atoms with Gasteiger partial charge in [0.2, 0.25) is 5.91 Å². The number of nitrogens with zero attached hydrogens (tertiary/aromatic N) is 1. The summed E-state index contributed by atoms with van der Waals surface area (Å²) in [5.41, 5.74) is 1.59. The molecule has 3 rings (SSSR count). The summed E-state index contributed by atoms with van der Waals surface area (Å²) in [7, 11) is 0. The van der Waals surface area contributed by atoms with Crippen LogP contribution in [0.1, 0.15) is 30.4 Å². The summed E-state index contributed by atoms with van der Waals surface area (Å²) >= 11 is 0. The first-order valence-corrected chi connectivity index (χ1v) is 6.55. The van der Waals surface area contributed by atoms with E-state index in [1.807, 2.05) is 4.90 Å². The Kier molecular flexibility index (Phi) is 2.97. The number of nitrogens with one attached hydrogen (secondary N) is 2. The summed E-state index contributed by atoms with van der Waals surface area (Å²) < 4.78 is 13.1. The highest BCUT2D eigenvalue weighted by Gasteiger charge is 2.26. The van der Waals surface area contributed by atoms with Crippen molar-refractivity contribution in [1.29, 1.82) is 5.41 Å². The molecule has 0 bridgehead atoms. The number of hydrogen-bond acceptors (Lipinski definition) is 2. The van der Waals surface area contributed by atoms with Gasteiger partial charge in [-0.05, 0) is 30.5 Å². The average molecular weight is 261 g/mol. The Morgan fingerprint density at radius 3 is 3.00 bits per heavy atom. The molecule has 1 fully saturated rings. The van der Waals surface area contributed by atoms with Crippen LogP contribution < -0.4 is 5.32 Å². The number of carbonyl (C=O) groups is 1. The van der Waals surface area contributed by atoms with Gasteiger partial charge in [-0.3, -0.25) is 10.2 Å². The Morgan fingerprint density at radius 1 is 1.47 bits per heavy atom. The van der Waals surface area contributed by atoms with E-state index in [0.29, 0.717) is 37.0 Å². The van der Waals surface area contributed by atoms with Crippen molar-refractivity contribution in [2.45, 2.75) is 31.8 Å². The second kappa shape index (κ2) is 4.64. The minimum Gasteiger partial charge on any atom is -0.353 e. The van der Waals surface area contributed by atoms with Crippen LogP contribution in [0.25, 0.3) is 0 Å². The fourth-order valence-electron chi connectivity index (χ4n) is 2.32. The van der Waals surface area contributed by atoms with Gasteiger partial charge in [-0.2, -0.15) is 0 Å². The Labute approximate surface area is 111 Å². The highest BCUT2D eigenvalue weighted by atomic mass is 19.1. The lowest BCUT2D eigenvalue weighted by molar-refractivity contribution is -0.121. The molecular formula is C14H16FN3O. The topological polar surface area (TPSA) is 56.2 Å². The molecule has 19 heavy (non-hydrogen) atoms. The van der Waals surface area contributed by atoms with E-state index < -0.39 is 0 Å². The van der Waals surface area contributed by atoms with E-state index in [0.717, 1.165) is 18.4 Å². The van der Waals surface area contributed by atoms with E-state index in [4.69, 9.17) is 5.41 Å². The van der Waals surface area contributed by atoms with E-state index >= 15 is 0 Å². The van der Waals surface area contributed by atoms with Crippen LogP contribution in [0.5, 0.6) is 0 Å². The molecule has 0 saturated heterocycles. The van der Waals surface area contributed by atoms with Crippen molar-refractivity contribution in [3.63, 3.8) is 0 Å². The van der Waals surface area contributed by atoms with Gasteiger partial charge in [-0.1, -0.05) is 6.07 Å². The van der Waals surface area contributed by atoms with Gasteiger partial charge in [0.1, 0.15) is 11.7 Å². The van der Waals surface area contributed by atoms with E-state index in [1.54, 1.807) is 6.07 Å². The average Bonchev–Trinajstić information content (AvgIpc) is 3.13. The summed E-state index contributed by atoms with van der Waals surface area (Å²) in [6.45, 7) is 1.10. The van der Waals surface area contributed by atoms with Crippen molar-refractivity contribution in [2.75, 3.05) is 6.54 Å². The van der Waals surface area contributed by atoms with Gasteiger partial charge in [0.15, 0.2) is 0 Å². The van der Waals surface area contributed by atoms with Gasteiger partial charge < -0.3 is 10.2 Å². The predicted octanol–water partition coefficient (Wildman–Crippen LogP) is 1.64. The monoisotopic (exact) mass is 261 g/mol. The number of benzene rings is 1. The molecule has 0 unspecified atom stereocenters. The molecule has 4 nitrogen and oxygen atoms in total. The molecule has 1 aliphatic carbocycles. The molecule has 2 N–H and O–H groups in total. The van der Waals surface area contributed by atoms with Gasteiger partial charge in [0, 0.05) is 31.1 Å². The Balaban J connectivity index is 1.58. The highest BCUT2D eigenvalue weighted by Crippen LogP contribution is 2.23. The Morgan fingerprint density at radius 2 is 2.26 bits per heavy atom. The number of hydrogen-bond donors (Lipinski definition) is 2. The lowest BCUT2D eigenvalue weighted by Gasteiger charge is -2.17. The van der Waals surface area contributed by atoms with Crippen molar-refractivity contribution in [1.82, 2.24) is 10.2 Å². The number of fused-ring (bicyclic) bond motifs is 1. The molecule has 1 saturated carbocycles. The fraction of sp³-hybridized carbons (Fsp3) is 0.429. The largest absolute Gasteiger partial charge is 0.353 e. The molecule has 1 aliphatic heterocycles. The third-order valence-corrected chi connectivity index (χ3v) is 3.56. The van der Waals surface area contributed by atoms with E-state index in [2.05, 4.69) is 5.32 Å². The normalized spacial score (nSPS) is 17.5. The highest BCUT2D eigenvalue weighted by molar-refractivity contribution is 6.00. The lowest BCUT2D eigenvalue weighted by atomic mass is 10.1. The quantitative estimate of drug-likeness (QED) is 0.865. The molecule has 2 aliphatic rings. The second-order valence-electron chi connectivity index (χ2n) is 5.16. The number of rotatable bonds is 4. The van der Waals surface area contributed by atoms with E-state index in [-0.39, 0.29) is 11.7 Å². The maximum atomic E-state index is 13.1. The van der Waals surface area contributed by atoms with Crippen molar-refractivity contribution in [2.24, 2.45) is 0 Å². The first-order chi connectivity index (χ1) is 9.13. The molecule has 1 amide bonds. The van der Waals surface area contributed by atoms with Crippen LogP contribution in [0.15, 0.2) is 18.2 Å². The summed E-state index contributed by atoms with van der Waals surface area (Å²) in [6.07, 6.45) is 2.54.